The lowest BCUT2D eigenvalue weighted by molar-refractivity contribution is -0.0948. The van der Waals surface area contributed by atoms with Crippen molar-refractivity contribution in [1.82, 2.24) is 10.2 Å². The molecular formula is C23H29ClFN3O4S. The van der Waals surface area contributed by atoms with Crippen molar-refractivity contribution >= 4 is 33.2 Å². The lowest BCUT2D eigenvalue weighted by atomic mass is 10.00. The van der Waals surface area contributed by atoms with E-state index in [2.05, 4.69) is 14.9 Å². The number of halogens is 2. The summed E-state index contributed by atoms with van der Waals surface area (Å²) in [6.45, 7) is 10.0. The number of nitrogens with zero attached hydrogens (tertiary/aromatic N) is 1. The molecule has 1 fully saturated rings. The van der Waals surface area contributed by atoms with Gasteiger partial charge in [-0.1, -0.05) is 11.6 Å². The van der Waals surface area contributed by atoms with E-state index in [4.69, 9.17) is 16.3 Å². The molecule has 2 aromatic rings. The number of amides is 1. The zero-order valence-corrected chi connectivity index (χ0v) is 20.6. The molecule has 3 rings (SSSR count). The predicted octanol–water partition coefficient (Wildman–Crippen LogP) is 3.90. The molecule has 180 valence electrons. The number of anilines is 1. The first-order valence-electron chi connectivity index (χ1n) is 10.6. The first-order chi connectivity index (χ1) is 15.4. The van der Waals surface area contributed by atoms with Crippen LogP contribution < -0.4 is 10.0 Å². The van der Waals surface area contributed by atoms with Crippen molar-refractivity contribution in [1.29, 1.82) is 0 Å². The van der Waals surface area contributed by atoms with Gasteiger partial charge < -0.3 is 10.1 Å². The van der Waals surface area contributed by atoms with Crippen LogP contribution in [0.25, 0.3) is 0 Å². The molecule has 0 radical (unpaired) electrons. The molecule has 1 amide bonds. The van der Waals surface area contributed by atoms with Gasteiger partial charge in [-0.25, -0.2) is 12.8 Å². The maximum atomic E-state index is 13.1. The molecule has 10 heteroatoms. The number of ether oxygens (including phenoxy) is 1. The third-order valence-electron chi connectivity index (χ3n) is 5.54. The Morgan fingerprint density at radius 1 is 1.15 bits per heavy atom. The standard InChI is InChI=1S/C23H29ClFN3O4S/c1-15-12-28(13-16(2)32-15)23(3,4)14-26-22(29)17-5-10-20(24)21(11-17)33(30,31)27-19-8-6-18(25)7-9-19/h5-11,15-16,27H,12-14H2,1-4H3,(H,26,29)/t15-,16-/m1/s1. The molecule has 1 aliphatic heterocycles. The second kappa shape index (κ2) is 9.97. The van der Waals surface area contributed by atoms with Crippen LogP contribution in [0.5, 0.6) is 0 Å². The average molecular weight is 498 g/mol. The van der Waals surface area contributed by atoms with Gasteiger partial charge in [0.2, 0.25) is 0 Å². The Bertz CT molecular complexity index is 1100. The van der Waals surface area contributed by atoms with Crippen LogP contribution >= 0.6 is 11.6 Å². The van der Waals surface area contributed by atoms with E-state index in [1.165, 1.54) is 30.3 Å². The van der Waals surface area contributed by atoms with Gasteiger partial charge >= 0.3 is 0 Å². The maximum Gasteiger partial charge on any atom is 0.263 e. The minimum Gasteiger partial charge on any atom is -0.373 e. The van der Waals surface area contributed by atoms with Crippen LogP contribution in [0.15, 0.2) is 47.4 Å². The maximum absolute atomic E-state index is 13.1. The third kappa shape index (κ3) is 6.44. The van der Waals surface area contributed by atoms with Crippen LogP contribution in [-0.4, -0.2) is 56.6 Å². The Morgan fingerprint density at radius 3 is 2.36 bits per heavy atom. The summed E-state index contributed by atoms with van der Waals surface area (Å²) in [7, 11) is -4.09. The van der Waals surface area contributed by atoms with Gasteiger partial charge in [0.25, 0.3) is 15.9 Å². The molecule has 0 saturated carbocycles. The lowest BCUT2D eigenvalue weighted by Gasteiger charge is -2.45. The fourth-order valence-corrected chi connectivity index (χ4v) is 5.35. The molecule has 0 bridgehead atoms. The van der Waals surface area contributed by atoms with Gasteiger partial charge in [-0.2, -0.15) is 0 Å². The quantitative estimate of drug-likeness (QED) is 0.605. The van der Waals surface area contributed by atoms with Crippen LogP contribution in [-0.2, 0) is 14.8 Å². The Labute approximate surface area is 199 Å². The average Bonchev–Trinajstić information content (AvgIpc) is 2.73. The summed E-state index contributed by atoms with van der Waals surface area (Å²) in [5.41, 5.74) is 0.0180. The number of morpholine rings is 1. The minimum atomic E-state index is -4.09. The van der Waals surface area contributed by atoms with Crippen LogP contribution in [0.3, 0.4) is 0 Å². The van der Waals surface area contributed by atoms with E-state index in [0.717, 1.165) is 25.2 Å². The molecular weight excluding hydrogens is 469 g/mol. The molecule has 2 N–H and O–H groups in total. The number of hydrogen-bond donors (Lipinski definition) is 2. The Hall–Kier alpha value is -2.20. The van der Waals surface area contributed by atoms with Crippen molar-refractivity contribution in [2.45, 2.75) is 50.3 Å². The number of sulfonamides is 1. The predicted molar refractivity (Wildman–Crippen MR) is 127 cm³/mol. The SMILES string of the molecule is C[C@@H]1CN(C(C)(C)CNC(=O)c2ccc(Cl)c(S(=O)(=O)Nc3ccc(F)cc3)c2)C[C@@H](C)O1. The van der Waals surface area contributed by atoms with E-state index in [1.54, 1.807) is 0 Å². The van der Waals surface area contributed by atoms with Crippen LogP contribution in [0.2, 0.25) is 5.02 Å². The van der Waals surface area contributed by atoms with Gasteiger partial charge in [0.15, 0.2) is 0 Å². The first kappa shape index (κ1) is 25.4. The molecule has 0 unspecified atom stereocenters. The molecule has 0 aliphatic carbocycles. The number of rotatable bonds is 7. The summed E-state index contributed by atoms with van der Waals surface area (Å²) in [6.07, 6.45) is 0.197. The van der Waals surface area contributed by atoms with Crippen molar-refractivity contribution in [2.75, 3.05) is 24.4 Å². The van der Waals surface area contributed by atoms with Gasteiger partial charge in [0.05, 0.1) is 17.2 Å². The number of nitrogens with one attached hydrogen (secondary N) is 2. The molecule has 2 atom stereocenters. The molecule has 0 aromatic heterocycles. The summed E-state index contributed by atoms with van der Waals surface area (Å²) in [6, 6.07) is 8.95. The highest BCUT2D eigenvalue weighted by Gasteiger charge is 2.33. The smallest absolute Gasteiger partial charge is 0.263 e. The molecule has 33 heavy (non-hydrogen) atoms. The molecule has 7 nitrogen and oxygen atoms in total. The zero-order chi connectivity index (χ0) is 24.4. The largest absolute Gasteiger partial charge is 0.373 e. The van der Waals surface area contributed by atoms with E-state index >= 15 is 0 Å². The van der Waals surface area contributed by atoms with Crippen LogP contribution in [0, 0.1) is 5.82 Å². The molecule has 1 heterocycles. The van der Waals surface area contributed by atoms with Crippen molar-refractivity contribution < 1.29 is 22.3 Å². The van der Waals surface area contributed by atoms with Gasteiger partial charge in [0.1, 0.15) is 10.7 Å². The van der Waals surface area contributed by atoms with Gasteiger partial charge in [-0.15, -0.1) is 0 Å². The molecule has 0 spiro atoms. The molecule has 1 aliphatic rings. The fourth-order valence-electron chi connectivity index (χ4n) is 3.76. The third-order valence-corrected chi connectivity index (χ3v) is 7.40. The van der Waals surface area contributed by atoms with Gasteiger partial charge in [-0.05, 0) is 70.2 Å². The minimum absolute atomic E-state index is 0.0298. The van der Waals surface area contributed by atoms with Crippen molar-refractivity contribution in [3.63, 3.8) is 0 Å². The summed E-state index contributed by atoms with van der Waals surface area (Å²) in [5, 5.41) is 2.87. The van der Waals surface area contributed by atoms with E-state index in [9.17, 15) is 17.6 Å². The fraction of sp³-hybridized carbons (Fsp3) is 0.435. The van der Waals surface area contributed by atoms with E-state index in [-0.39, 0.29) is 38.9 Å². The van der Waals surface area contributed by atoms with E-state index in [1.807, 2.05) is 27.7 Å². The van der Waals surface area contributed by atoms with Crippen molar-refractivity contribution in [3.8, 4) is 0 Å². The number of carbonyl (C=O) groups excluding carboxylic acids is 1. The van der Waals surface area contributed by atoms with Crippen LogP contribution in [0.4, 0.5) is 10.1 Å². The first-order valence-corrected chi connectivity index (χ1v) is 12.5. The summed E-state index contributed by atoms with van der Waals surface area (Å²) in [5.74, 6) is -0.897. The van der Waals surface area contributed by atoms with Crippen LogP contribution in [0.1, 0.15) is 38.1 Å². The summed E-state index contributed by atoms with van der Waals surface area (Å²) >= 11 is 6.13. The van der Waals surface area contributed by atoms with E-state index in [0.29, 0.717) is 6.54 Å². The summed E-state index contributed by atoms with van der Waals surface area (Å²) in [4.78, 5) is 14.9. The lowest BCUT2D eigenvalue weighted by Crippen LogP contribution is -2.58. The second-order valence-corrected chi connectivity index (χ2v) is 11.0. The Balaban J connectivity index is 1.72. The number of carbonyl (C=O) groups is 1. The monoisotopic (exact) mass is 497 g/mol. The normalized spacial score (nSPS) is 19.8. The second-order valence-electron chi connectivity index (χ2n) is 8.92. The zero-order valence-electron chi connectivity index (χ0n) is 19.1. The van der Waals surface area contributed by atoms with Crippen molar-refractivity contribution in [3.05, 3.63) is 58.9 Å². The highest BCUT2D eigenvalue weighted by molar-refractivity contribution is 7.92. The van der Waals surface area contributed by atoms with Gasteiger partial charge in [0, 0.05) is 36.4 Å². The summed E-state index contributed by atoms with van der Waals surface area (Å²) < 4.78 is 46.9. The number of benzene rings is 2. The molecule has 1 saturated heterocycles. The number of hydrogen-bond acceptors (Lipinski definition) is 5. The highest BCUT2D eigenvalue weighted by Crippen LogP contribution is 2.26. The van der Waals surface area contributed by atoms with Gasteiger partial charge in [-0.3, -0.25) is 14.4 Å². The molecule has 2 aromatic carbocycles. The highest BCUT2D eigenvalue weighted by atomic mass is 35.5. The topological polar surface area (TPSA) is 87.7 Å². The van der Waals surface area contributed by atoms with E-state index < -0.39 is 21.7 Å². The van der Waals surface area contributed by atoms with Crippen molar-refractivity contribution in [2.24, 2.45) is 0 Å². The Morgan fingerprint density at radius 2 is 1.76 bits per heavy atom. The Kier molecular flexibility index (Phi) is 7.68.